The molecule has 0 atom stereocenters. The summed E-state index contributed by atoms with van der Waals surface area (Å²) in [6.45, 7) is 0. The van der Waals surface area contributed by atoms with Gasteiger partial charge >= 0.3 is 0 Å². The smallest absolute Gasteiger partial charge is 0.258 e. The number of nitro groups is 1. The van der Waals surface area contributed by atoms with Crippen LogP contribution in [0.15, 0.2) is 48.5 Å². The summed E-state index contributed by atoms with van der Waals surface area (Å²) >= 11 is 5.38. The highest BCUT2D eigenvalue weighted by Crippen LogP contribution is 2.19. The minimum Gasteiger partial charge on any atom is -0.258 e. The van der Waals surface area contributed by atoms with Crippen LogP contribution in [0.25, 0.3) is 11.0 Å². The van der Waals surface area contributed by atoms with Crippen molar-refractivity contribution in [1.29, 1.82) is 0 Å². The lowest BCUT2D eigenvalue weighted by Gasteiger charge is -2.04. The molecule has 3 rings (SSSR count). The van der Waals surface area contributed by atoms with Crippen molar-refractivity contribution in [3.05, 3.63) is 64.2 Å². The molecule has 0 radical (unpaired) electrons. The molecule has 6 nitrogen and oxygen atoms in total. The molecule has 0 aliphatic carbocycles. The number of thiocarbonyl (C=S) groups is 1. The number of nitrogens with zero attached hydrogens (tertiary/aromatic N) is 4. The first-order chi connectivity index (χ1) is 10.1. The molecule has 2 aromatic carbocycles. The van der Waals surface area contributed by atoms with Crippen LogP contribution in [0.1, 0.15) is 5.56 Å². The van der Waals surface area contributed by atoms with E-state index in [1.54, 1.807) is 6.07 Å². The largest absolute Gasteiger partial charge is 0.271 e. The number of fused-ring (bicyclic) bond motifs is 1. The number of non-ortho nitro benzene ring substituents is 1. The molecular formula is C14H10N4O2S. The zero-order valence-electron chi connectivity index (χ0n) is 10.8. The predicted molar refractivity (Wildman–Crippen MR) is 82.3 cm³/mol. The van der Waals surface area contributed by atoms with Gasteiger partial charge in [-0.3, -0.25) is 10.1 Å². The molecule has 0 aliphatic heterocycles. The minimum absolute atomic E-state index is 0.00596. The van der Waals surface area contributed by atoms with E-state index < -0.39 is 4.92 Å². The molecule has 0 amide bonds. The van der Waals surface area contributed by atoms with Crippen LogP contribution in [-0.4, -0.2) is 24.9 Å². The molecule has 0 aliphatic rings. The third kappa shape index (κ3) is 2.63. The molecule has 0 spiro atoms. The molecule has 104 valence electrons. The van der Waals surface area contributed by atoms with Gasteiger partial charge in [0.2, 0.25) is 0 Å². The maximum atomic E-state index is 10.9. The van der Waals surface area contributed by atoms with E-state index in [0.29, 0.717) is 22.4 Å². The molecular weight excluding hydrogens is 288 g/mol. The average molecular weight is 298 g/mol. The van der Waals surface area contributed by atoms with Gasteiger partial charge in [-0.2, -0.15) is 0 Å². The van der Waals surface area contributed by atoms with E-state index in [4.69, 9.17) is 12.2 Å². The highest BCUT2D eigenvalue weighted by atomic mass is 32.1. The van der Waals surface area contributed by atoms with E-state index in [9.17, 15) is 10.1 Å². The van der Waals surface area contributed by atoms with Gasteiger partial charge in [-0.1, -0.05) is 47.8 Å². The van der Waals surface area contributed by atoms with E-state index in [0.717, 1.165) is 5.56 Å². The molecule has 21 heavy (non-hydrogen) atoms. The Hall–Kier alpha value is -2.67. The van der Waals surface area contributed by atoms with Crippen molar-refractivity contribution in [2.45, 2.75) is 6.42 Å². The van der Waals surface area contributed by atoms with Crippen molar-refractivity contribution in [3.63, 3.8) is 0 Å². The molecule has 0 saturated carbocycles. The van der Waals surface area contributed by atoms with Crippen LogP contribution in [0.3, 0.4) is 0 Å². The van der Waals surface area contributed by atoms with Gasteiger partial charge in [0.1, 0.15) is 16.0 Å². The van der Waals surface area contributed by atoms with E-state index in [-0.39, 0.29) is 5.69 Å². The van der Waals surface area contributed by atoms with Gasteiger partial charge < -0.3 is 0 Å². The lowest BCUT2D eigenvalue weighted by Crippen LogP contribution is -2.13. The first-order valence-corrected chi connectivity index (χ1v) is 6.63. The van der Waals surface area contributed by atoms with Gasteiger partial charge in [0.05, 0.1) is 4.92 Å². The van der Waals surface area contributed by atoms with Crippen LogP contribution in [0, 0.1) is 10.1 Å². The van der Waals surface area contributed by atoms with E-state index in [2.05, 4.69) is 10.3 Å². The Kier molecular flexibility index (Phi) is 3.41. The number of hydrogen-bond acceptors (Lipinski definition) is 5. The molecule has 0 unspecified atom stereocenters. The van der Waals surface area contributed by atoms with E-state index >= 15 is 0 Å². The van der Waals surface area contributed by atoms with Crippen molar-refractivity contribution >= 4 is 33.9 Å². The van der Waals surface area contributed by atoms with Crippen molar-refractivity contribution in [1.82, 2.24) is 15.0 Å². The lowest BCUT2D eigenvalue weighted by atomic mass is 10.1. The summed E-state index contributed by atoms with van der Waals surface area (Å²) in [4.78, 5) is 11.0. The summed E-state index contributed by atoms with van der Waals surface area (Å²) in [5.41, 5.74) is 2.17. The SMILES string of the molecule is O=[N+]([O-])c1ccc2nnn(C(=S)Cc3ccccc3)c2c1. The van der Waals surface area contributed by atoms with Crippen molar-refractivity contribution < 1.29 is 4.92 Å². The van der Waals surface area contributed by atoms with Gasteiger partial charge in [0, 0.05) is 18.6 Å². The number of rotatable bonds is 3. The summed E-state index contributed by atoms with van der Waals surface area (Å²) < 4.78 is 1.48. The summed E-state index contributed by atoms with van der Waals surface area (Å²) in [5, 5.41) is 18.8. The monoisotopic (exact) mass is 298 g/mol. The fourth-order valence-corrected chi connectivity index (χ4v) is 2.35. The topological polar surface area (TPSA) is 73.8 Å². The molecule has 1 heterocycles. The summed E-state index contributed by atoms with van der Waals surface area (Å²) in [5.74, 6) is 0. The standard InChI is InChI=1S/C14H10N4O2S/c19-18(20)11-6-7-12-13(9-11)17(16-15-12)14(21)8-10-4-2-1-3-5-10/h1-7,9H,8H2. The zero-order chi connectivity index (χ0) is 14.8. The molecule has 7 heteroatoms. The Balaban J connectivity index is 1.98. The van der Waals surface area contributed by atoms with Crippen LogP contribution in [-0.2, 0) is 6.42 Å². The highest BCUT2D eigenvalue weighted by Gasteiger charge is 2.14. The van der Waals surface area contributed by atoms with Crippen LogP contribution in [0.4, 0.5) is 5.69 Å². The van der Waals surface area contributed by atoms with Crippen LogP contribution < -0.4 is 0 Å². The maximum absolute atomic E-state index is 10.9. The van der Waals surface area contributed by atoms with Crippen molar-refractivity contribution in [2.75, 3.05) is 0 Å². The molecule has 0 fully saturated rings. The Morgan fingerprint density at radius 2 is 2.00 bits per heavy atom. The Labute approximate surface area is 125 Å². The average Bonchev–Trinajstić information content (AvgIpc) is 2.91. The fraction of sp³-hybridized carbons (Fsp3) is 0.0714. The second-order valence-electron chi connectivity index (χ2n) is 4.49. The van der Waals surface area contributed by atoms with Gasteiger partial charge in [-0.15, -0.1) is 5.10 Å². The Bertz CT molecular complexity index is 829. The second kappa shape index (κ2) is 5.37. The Morgan fingerprint density at radius 3 is 2.71 bits per heavy atom. The third-order valence-electron chi connectivity index (χ3n) is 3.07. The second-order valence-corrected chi connectivity index (χ2v) is 4.96. The molecule has 0 bridgehead atoms. The first-order valence-electron chi connectivity index (χ1n) is 6.22. The van der Waals surface area contributed by atoms with Crippen molar-refractivity contribution in [3.8, 4) is 0 Å². The first kappa shape index (κ1) is 13.3. The number of aromatic nitrogens is 3. The summed E-state index contributed by atoms with van der Waals surface area (Å²) in [7, 11) is 0. The summed E-state index contributed by atoms with van der Waals surface area (Å²) in [6.07, 6.45) is 0.525. The molecule has 0 N–H and O–H groups in total. The van der Waals surface area contributed by atoms with Gasteiger partial charge in [0.15, 0.2) is 0 Å². The summed E-state index contributed by atoms with van der Waals surface area (Å²) in [6, 6.07) is 14.1. The molecule has 0 saturated heterocycles. The molecule has 1 aromatic heterocycles. The van der Waals surface area contributed by atoms with E-state index in [1.807, 2.05) is 30.3 Å². The quantitative estimate of drug-likeness (QED) is 0.422. The predicted octanol–water partition coefficient (Wildman–Crippen LogP) is 2.76. The third-order valence-corrected chi connectivity index (χ3v) is 3.39. The highest BCUT2D eigenvalue weighted by molar-refractivity contribution is 7.80. The van der Waals surface area contributed by atoms with Gasteiger partial charge in [-0.25, -0.2) is 4.68 Å². The zero-order valence-corrected chi connectivity index (χ0v) is 11.7. The number of hydrogen-bond donors (Lipinski definition) is 0. The normalized spacial score (nSPS) is 10.7. The van der Waals surface area contributed by atoms with Crippen LogP contribution >= 0.6 is 12.2 Å². The van der Waals surface area contributed by atoms with Gasteiger partial charge in [-0.05, 0) is 11.6 Å². The van der Waals surface area contributed by atoms with Crippen LogP contribution in [0.2, 0.25) is 0 Å². The number of benzene rings is 2. The van der Waals surface area contributed by atoms with Crippen LogP contribution in [0.5, 0.6) is 0 Å². The molecule has 3 aromatic rings. The number of nitro benzene ring substituents is 1. The minimum atomic E-state index is -0.447. The maximum Gasteiger partial charge on any atom is 0.271 e. The lowest BCUT2D eigenvalue weighted by molar-refractivity contribution is -0.384. The van der Waals surface area contributed by atoms with Gasteiger partial charge in [0.25, 0.3) is 5.69 Å². The Morgan fingerprint density at radius 1 is 1.24 bits per heavy atom. The van der Waals surface area contributed by atoms with Crippen molar-refractivity contribution in [2.24, 2.45) is 0 Å². The van der Waals surface area contributed by atoms with E-state index in [1.165, 1.54) is 16.8 Å². The fourth-order valence-electron chi connectivity index (χ4n) is 2.05.